The standard InChI is InChI=1S/C12H27N3O2S.ClH/c1-11-6-5-7-15(8-11)18(16,17)14(4)10-12(2,3)9-13;/h11H,5-10,13H2,1-4H3;1H. The Labute approximate surface area is 124 Å². The molecule has 1 fully saturated rings. The summed E-state index contributed by atoms with van der Waals surface area (Å²) in [5, 5.41) is 0. The van der Waals surface area contributed by atoms with Crippen LogP contribution in [0.25, 0.3) is 0 Å². The van der Waals surface area contributed by atoms with Gasteiger partial charge in [0.25, 0.3) is 10.2 Å². The van der Waals surface area contributed by atoms with Crippen LogP contribution < -0.4 is 5.73 Å². The van der Waals surface area contributed by atoms with Gasteiger partial charge in [0.2, 0.25) is 0 Å². The molecular formula is C12H28ClN3O2S. The molecule has 1 unspecified atom stereocenters. The maximum absolute atomic E-state index is 12.4. The molecule has 1 aliphatic heterocycles. The molecule has 1 atom stereocenters. The minimum Gasteiger partial charge on any atom is -0.330 e. The van der Waals surface area contributed by atoms with Crippen LogP contribution in [-0.2, 0) is 10.2 Å². The van der Waals surface area contributed by atoms with Crippen molar-refractivity contribution in [1.29, 1.82) is 0 Å². The van der Waals surface area contributed by atoms with E-state index in [9.17, 15) is 8.42 Å². The Balaban J connectivity index is 0.00000324. The highest BCUT2D eigenvalue weighted by atomic mass is 35.5. The molecule has 0 radical (unpaired) electrons. The van der Waals surface area contributed by atoms with Crippen molar-refractivity contribution in [2.45, 2.75) is 33.6 Å². The van der Waals surface area contributed by atoms with Crippen LogP contribution in [0, 0.1) is 11.3 Å². The van der Waals surface area contributed by atoms with Crippen molar-refractivity contribution in [3.63, 3.8) is 0 Å². The van der Waals surface area contributed by atoms with E-state index < -0.39 is 10.2 Å². The summed E-state index contributed by atoms with van der Waals surface area (Å²) < 4.78 is 27.9. The van der Waals surface area contributed by atoms with Gasteiger partial charge in [0.05, 0.1) is 0 Å². The molecule has 0 aromatic carbocycles. The van der Waals surface area contributed by atoms with Crippen molar-refractivity contribution < 1.29 is 8.42 Å². The number of rotatable bonds is 5. The third-order valence-electron chi connectivity index (χ3n) is 3.54. The number of hydrogen-bond acceptors (Lipinski definition) is 3. The molecule has 0 bridgehead atoms. The van der Waals surface area contributed by atoms with Gasteiger partial charge >= 0.3 is 0 Å². The van der Waals surface area contributed by atoms with Gasteiger partial charge < -0.3 is 5.73 Å². The van der Waals surface area contributed by atoms with Gasteiger partial charge in [-0.15, -0.1) is 12.4 Å². The number of nitrogens with zero attached hydrogens (tertiary/aromatic N) is 2. The van der Waals surface area contributed by atoms with E-state index in [1.165, 1.54) is 4.31 Å². The Morgan fingerprint density at radius 2 is 2.00 bits per heavy atom. The van der Waals surface area contributed by atoms with Gasteiger partial charge in [0.1, 0.15) is 0 Å². The van der Waals surface area contributed by atoms with Crippen LogP contribution in [0.2, 0.25) is 0 Å². The number of hydrogen-bond donors (Lipinski definition) is 1. The quantitative estimate of drug-likeness (QED) is 0.832. The van der Waals surface area contributed by atoms with Crippen molar-refractivity contribution >= 4 is 22.6 Å². The van der Waals surface area contributed by atoms with Gasteiger partial charge in [-0.05, 0) is 30.7 Å². The average Bonchev–Trinajstić information content (AvgIpc) is 2.28. The Hall–Kier alpha value is 0.120. The predicted molar refractivity (Wildman–Crippen MR) is 81.6 cm³/mol. The second-order valence-electron chi connectivity index (χ2n) is 6.24. The molecule has 1 aliphatic rings. The Morgan fingerprint density at radius 1 is 1.42 bits per heavy atom. The van der Waals surface area contributed by atoms with Crippen LogP contribution in [0.4, 0.5) is 0 Å². The zero-order valence-electron chi connectivity index (χ0n) is 12.4. The van der Waals surface area contributed by atoms with Crippen molar-refractivity contribution in [3.05, 3.63) is 0 Å². The van der Waals surface area contributed by atoms with Gasteiger partial charge in [-0.25, -0.2) is 0 Å². The summed E-state index contributed by atoms with van der Waals surface area (Å²) in [5.74, 6) is 0.449. The lowest BCUT2D eigenvalue weighted by molar-refractivity contribution is 0.240. The fraction of sp³-hybridized carbons (Fsp3) is 1.00. The number of halogens is 1. The third kappa shape index (κ3) is 5.19. The van der Waals surface area contributed by atoms with Gasteiger partial charge in [0, 0.05) is 26.7 Å². The van der Waals surface area contributed by atoms with Gasteiger partial charge in [0.15, 0.2) is 0 Å². The Morgan fingerprint density at radius 3 is 2.47 bits per heavy atom. The van der Waals surface area contributed by atoms with Gasteiger partial charge in [-0.2, -0.15) is 17.0 Å². The van der Waals surface area contributed by atoms with Crippen molar-refractivity contribution in [3.8, 4) is 0 Å². The van der Waals surface area contributed by atoms with Crippen molar-refractivity contribution in [2.75, 3.05) is 33.2 Å². The average molecular weight is 314 g/mol. The normalized spacial score (nSPS) is 22.3. The van der Waals surface area contributed by atoms with E-state index in [4.69, 9.17) is 5.73 Å². The summed E-state index contributed by atoms with van der Waals surface area (Å²) in [6.07, 6.45) is 2.07. The summed E-state index contributed by atoms with van der Waals surface area (Å²) in [4.78, 5) is 0. The van der Waals surface area contributed by atoms with E-state index >= 15 is 0 Å². The lowest BCUT2D eigenvalue weighted by Gasteiger charge is -2.35. The fourth-order valence-corrected chi connectivity index (χ4v) is 4.01. The maximum atomic E-state index is 12.4. The molecule has 2 N–H and O–H groups in total. The first-order valence-corrected chi connectivity index (χ1v) is 8.00. The van der Waals surface area contributed by atoms with E-state index in [0.717, 1.165) is 12.8 Å². The second kappa shape index (κ2) is 7.22. The summed E-state index contributed by atoms with van der Waals surface area (Å²) in [5.41, 5.74) is 5.47. The molecule has 0 aromatic heterocycles. The van der Waals surface area contributed by atoms with E-state index in [1.54, 1.807) is 11.4 Å². The molecule has 19 heavy (non-hydrogen) atoms. The fourth-order valence-electron chi connectivity index (χ4n) is 2.30. The minimum absolute atomic E-state index is 0. The van der Waals surface area contributed by atoms with Gasteiger partial charge in [-0.1, -0.05) is 20.8 Å². The lowest BCUT2D eigenvalue weighted by Crippen LogP contribution is -2.49. The van der Waals surface area contributed by atoms with Crippen LogP contribution in [-0.4, -0.2) is 50.3 Å². The van der Waals surface area contributed by atoms with Crippen LogP contribution in [0.1, 0.15) is 33.6 Å². The topological polar surface area (TPSA) is 66.6 Å². The molecule has 0 saturated carbocycles. The van der Waals surface area contributed by atoms with E-state index in [2.05, 4.69) is 6.92 Å². The highest BCUT2D eigenvalue weighted by Crippen LogP contribution is 2.22. The lowest BCUT2D eigenvalue weighted by atomic mass is 9.94. The molecule has 1 rings (SSSR count). The SMILES string of the molecule is CC1CCCN(S(=O)(=O)N(C)CC(C)(C)CN)C1.Cl. The van der Waals surface area contributed by atoms with E-state index in [-0.39, 0.29) is 17.8 Å². The van der Waals surface area contributed by atoms with E-state index in [0.29, 0.717) is 32.1 Å². The minimum atomic E-state index is -3.33. The molecule has 0 spiro atoms. The first-order chi connectivity index (χ1) is 8.19. The molecule has 1 saturated heterocycles. The molecular weight excluding hydrogens is 286 g/mol. The zero-order valence-corrected chi connectivity index (χ0v) is 14.1. The molecule has 116 valence electrons. The van der Waals surface area contributed by atoms with Crippen LogP contribution in [0.15, 0.2) is 0 Å². The highest BCUT2D eigenvalue weighted by molar-refractivity contribution is 7.86. The summed E-state index contributed by atoms with van der Waals surface area (Å²) in [6, 6.07) is 0. The molecule has 0 aliphatic carbocycles. The molecule has 7 heteroatoms. The molecule has 0 amide bonds. The van der Waals surface area contributed by atoms with Crippen LogP contribution >= 0.6 is 12.4 Å². The Bertz CT molecular complexity index is 373. The maximum Gasteiger partial charge on any atom is 0.281 e. The van der Waals surface area contributed by atoms with Gasteiger partial charge in [-0.3, -0.25) is 0 Å². The summed E-state index contributed by atoms with van der Waals surface area (Å²) >= 11 is 0. The third-order valence-corrected chi connectivity index (χ3v) is 5.44. The zero-order chi connectivity index (χ0) is 14.0. The van der Waals surface area contributed by atoms with Crippen LogP contribution in [0.3, 0.4) is 0 Å². The monoisotopic (exact) mass is 313 g/mol. The number of nitrogens with two attached hydrogens (primary N) is 1. The predicted octanol–water partition coefficient (Wildman–Crippen LogP) is 1.30. The smallest absolute Gasteiger partial charge is 0.281 e. The number of piperidine rings is 1. The first kappa shape index (κ1) is 19.1. The summed E-state index contributed by atoms with van der Waals surface area (Å²) in [7, 11) is -1.68. The Kier molecular flexibility index (Phi) is 7.27. The highest BCUT2D eigenvalue weighted by Gasteiger charge is 2.33. The molecule has 1 heterocycles. The summed E-state index contributed by atoms with van der Waals surface area (Å²) in [6.45, 7) is 8.27. The first-order valence-electron chi connectivity index (χ1n) is 6.60. The van der Waals surface area contributed by atoms with E-state index in [1.807, 2.05) is 13.8 Å². The van der Waals surface area contributed by atoms with Crippen molar-refractivity contribution in [1.82, 2.24) is 8.61 Å². The van der Waals surface area contributed by atoms with Crippen LogP contribution in [0.5, 0.6) is 0 Å². The van der Waals surface area contributed by atoms with Crippen molar-refractivity contribution in [2.24, 2.45) is 17.1 Å². The largest absolute Gasteiger partial charge is 0.330 e. The molecule has 0 aromatic rings. The molecule has 5 nitrogen and oxygen atoms in total. The second-order valence-corrected chi connectivity index (χ2v) is 8.27.